The fraction of sp³-hybridized carbons (Fsp3) is 0.562. The summed E-state index contributed by atoms with van der Waals surface area (Å²) in [6.07, 6.45) is 1.68. The van der Waals surface area contributed by atoms with Crippen molar-refractivity contribution < 1.29 is 9.90 Å². The molecule has 3 N–H and O–H groups in total. The number of nitrogen functional groups attached to an aromatic ring is 1. The zero-order valence-electron chi connectivity index (χ0n) is 12.1. The maximum Gasteiger partial charge on any atom is 0.254 e. The summed E-state index contributed by atoms with van der Waals surface area (Å²) in [4.78, 5) is 14.5. The molecular formula is C16H22N2O2. The van der Waals surface area contributed by atoms with Gasteiger partial charge in [-0.1, -0.05) is 6.07 Å². The molecule has 0 bridgehead atoms. The zero-order chi connectivity index (χ0) is 14.4. The van der Waals surface area contributed by atoms with Crippen molar-refractivity contribution >= 4 is 11.6 Å². The van der Waals surface area contributed by atoms with E-state index in [2.05, 4.69) is 0 Å². The Labute approximate surface area is 119 Å². The molecule has 1 saturated carbocycles. The quantitative estimate of drug-likeness (QED) is 0.766. The summed E-state index contributed by atoms with van der Waals surface area (Å²) in [6.45, 7) is 5.35. The lowest BCUT2D eigenvalue weighted by Gasteiger charge is -2.20. The van der Waals surface area contributed by atoms with E-state index in [1.54, 1.807) is 6.07 Å². The van der Waals surface area contributed by atoms with Gasteiger partial charge in [-0.25, -0.2) is 0 Å². The van der Waals surface area contributed by atoms with Crippen molar-refractivity contribution in [1.29, 1.82) is 0 Å². The molecule has 1 saturated heterocycles. The van der Waals surface area contributed by atoms with Crippen molar-refractivity contribution in [2.24, 2.45) is 11.8 Å². The summed E-state index contributed by atoms with van der Waals surface area (Å²) in [7, 11) is 0. The van der Waals surface area contributed by atoms with Gasteiger partial charge in [0.1, 0.15) is 0 Å². The minimum Gasteiger partial charge on any atom is -0.398 e. The third kappa shape index (κ3) is 2.08. The van der Waals surface area contributed by atoms with Crippen LogP contribution in [0.4, 0.5) is 5.69 Å². The molecule has 0 radical (unpaired) electrons. The molecular weight excluding hydrogens is 252 g/mol. The molecule has 20 heavy (non-hydrogen) atoms. The Morgan fingerprint density at radius 1 is 1.25 bits per heavy atom. The lowest BCUT2D eigenvalue weighted by molar-refractivity contribution is 0.0751. The molecule has 4 heteroatoms. The second-order valence-corrected chi connectivity index (χ2v) is 6.30. The van der Waals surface area contributed by atoms with Crippen LogP contribution in [-0.2, 0) is 0 Å². The van der Waals surface area contributed by atoms with Crippen molar-refractivity contribution in [2.75, 3.05) is 18.8 Å². The second kappa shape index (κ2) is 4.77. The van der Waals surface area contributed by atoms with E-state index in [4.69, 9.17) is 5.73 Å². The number of likely N-dealkylation sites (tertiary alicyclic amines) is 1. The third-order valence-corrected chi connectivity index (χ3v) is 4.95. The predicted molar refractivity (Wildman–Crippen MR) is 78.5 cm³/mol. The van der Waals surface area contributed by atoms with E-state index in [0.29, 0.717) is 23.7 Å². The van der Waals surface area contributed by atoms with Crippen LogP contribution in [0.5, 0.6) is 0 Å². The predicted octanol–water partition coefficient (Wildman–Crippen LogP) is 1.73. The number of carbonyl (C=O) groups is 1. The highest BCUT2D eigenvalue weighted by molar-refractivity contribution is 5.97. The van der Waals surface area contributed by atoms with Gasteiger partial charge in [-0.05, 0) is 49.8 Å². The normalized spacial score (nSPS) is 28.8. The van der Waals surface area contributed by atoms with E-state index in [0.717, 1.165) is 30.5 Å². The molecule has 1 aromatic carbocycles. The highest BCUT2D eigenvalue weighted by atomic mass is 16.3. The van der Waals surface area contributed by atoms with E-state index >= 15 is 0 Å². The average molecular weight is 274 g/mol. The van der Waals surface area contributed by atoms with Crippen molar-refractivity contribution in [2.45, 2.75) is 32.8 Å². The summed E-state index contributed by atoms with van der Waals surface area (Å²) in [6, 6.07) is 3.76. The number of amides is 1. The number of hydrogen-bond acceptors (Lipinski definition) is 3. The van der Waals surface area contributed by atoms with Crippen LogP contribution in [0.15, 0.2) is 12.1 Å². The SMILES string of the molecule is Cc1cc(C)c(C(=O)N2CC3CCC(O)C3C2)cc1N. The number of carbonyl (C=O) groups excluding carboxylic acids is 1. The zero-order valence-corrected chi connectivity index (χ0v) is 12.1. The summed E-state index contributed by atoms with van der Waals surface area (Å²) < 4.78 is 0. The average Bonchev–Trinajstić information content (AvgIpc) is 2.96. The van der Waals surface area contributed by atoms with Crippen LogP contribution in [0.3, 0.4) is 0 Å². The van der Waals surface area contributed by atoms with E-state index in [9.17, 15) is 9.90 Å². The Bertz CT molecular complexity index is 556. The topological polar surface area (TPSA) is 66.6 Å². The number of nitrogens with two attached hydrogens (primary N) is 1. The molecule has 0 spiro atoms. The molecule has 0 aromatic heterocycles. The molecule has 1 heterocycles. The first-order chi connectivity index (χ1) is 9.47. The molecule has 2 aliphatic rings. The number of rotatable bonds is 1. The largest absolute Gasteiger partial charge is 0.398 e. The van der Waals surface area contributed by atoms with Crippen LogP contribution in [0, 0.1) is 25.7 Å². The first-order valence-corrected chi connectivity index (χ1v) is 7.31. The molecule has 3 rings (SSSR count). The highest BCUT2D eigenvalue weighted by Crippen LogP contribution is 2.38. The molecule has 1 aliphatic heterocycles. The number of aliphatic hydroxyl groups excluding tert-OH is 1. The number of fused-ring (bicyclic) bond motifs is 1. The lowest BCUT2D eigenvalue weighted by Crippen LogP contribution is -2.31. The van der Waals surface area contributed by atoms with Crippen LogP contribution in [0.25, 0.3) is 0 Å². The van der Waals surface area contributed by atoms with Gasteiger partial charge in [0, 0.05) is 30.3 Å². The number of anilines is 1. The number of aliphatic hydroxyl groups is 1. The number of aryl methyl sites for hydroxylation is 2. The summed E-state index contributed by atoms with van der Waals surface area (Å²) in [5.41, 5.74) is 9.27. The third-order valence-electron chi connectivity index (χ3n) is 4.95. The minimum atomic E-state index is -0.234. The van der Waals surface area contributed by atoms with Gasteiger partial charge in [0.05, 0.1) is 6.10 Å². The van der Waals surface area contributed by atoms with E-state index in [1.807, 2.05) is 24.8 Å². The highest BCUT2D eigenvalue weighted by Gasteiger charge is 2.43. The van der Waals surface area contributed by atoms with E-state index in [1.165, 1.54) is 0 Å². The first kappa shape index (κ1) is 13.4. The summed E-state index contributed by atoms with van der Waals surface area (Å²) in [5.74, 6) is 0.787. The Hall–Kier alpha value is -1.55. The number of hydrogen-bond donors (Lipinski definition) is 2. The second-order valence-electron chi connectivity index (χ2n) is 6.30. The van der Waals surface area contributed by atoms with E-state index in [-0.39, 0.29) is 17.9 Å². The van der Waals surface area contributed by atoms with Gasteiger partial charge in [0.2, 0.25) is 0 Å². The van der Waals surface area contributed by atoms with Crippen molar-refractivity contribution in [3.05, 3.63) is 28.8 Å². The van der Waals surface area contributed by atoms with Crippen LogP contribution in [0.1, 0.15) is 34.3 Å². The van der Waals surface area contributed by atoms with Crippen molar-refractivity contribution in [3.8, 4) is 0 Å². The Morgan fingerprint density at radius 3 is 2.70 bits per heavy atom. The smallest absolute Gasteiger partial charge is 0.254 e. The molecule has 3 unspecified atom stereocenters. The van der Waals surface area contributed by atoms with Crippen LogP contribution < -0.4 is 5.73 Å². The number of nitrogens with zero attached hydrogens (tertiary/aromatic N) is 1. The summed E-state index contributed by atoms with van der Waals surface area (Å²) >= 11 is 0. The van der Waals surface area contributed by atoms with Gasteiger partial charge >= 0.3 is 0 Å². The molecule has 108 valence electrons. The van der Waals surface area contributed by atoms with Crippen LogP contribution in [-0.4, -0.2) is 35.1 Å². The van der Waals surface area contributed by atoms with Crippen LogP contribution >= 0.6 is 0 Å². The molecule has 2 fully saturated rings. The number of benzene rings is 1. The van der Waals surface area contributed by atoms with Gasteiger partial charge < -0.3 is 15.7 Å². The maximum atomic E-state index is 12.7. The molecule has 4 nitrogen and oxygen atoms in total. The first-order valence-electron chi connectivity index (χ1n) is 7.31. The molecule has 1 aliphatic carbocycles. The Kier molecular flexibility index (Phi) is 3.21. The van der Waals surface area contributed by atoms with Gasteiger partial charge in [-0.2, -0.15) is 0 Å². The summed E-state index contributed by atoms with van der Waals surface area (Å²) in [5, 5.41) is 9.95. The van der Waals surface area contributed by atoms with Gasteiger partial charge in [-0.15, -0.1) is 0 Å². The fourth-order valence-electron chi connectivity index (χ4n) is 3.67. The standard InChI is InChI=1S/C16H22N2O2/c1-9-5-10(2)14(17)6-12(9)16(20)18-7-11-3-4-15(19)13(11)8-18/h5-6,11,13,15,19H,3-4,7-8,17H2,1-2H3. The maximum absolute atomic E-state index is 12.7. The molecule has 3 atom stereocenters. The monoisotopic (exact) mass is 274 g/mol. The van der Waals surface area contributed by atoms with Gasteiger partial charge in [0.25, 0.3) is 5.91 Å². The fourth-order valence-corrected chi connectivity index (χ4v) is 3.67. The van der Waals surface area contributed by atoms with Gasteiger partial charge in [0.15, 0.2) is 0 Å². The Balaban J connectivity index is 1.82. The van der Waals surface area contributed by atoms with Crippen molar-refractivity contribution in [1.82, 2.24) is 4.90 Å². The minimum absolute atomic E-state index is 0.0517. The lowest BCUT2D eigenvalue weighted by atomic mass is 10.00. The molecule has 1 aromatic rings. The van der Waals surface area contributed by atoms with Crippen LogP contribution in [0.2, 0.25) is 0 Å². The van der Waals surface area contributed by atoms with Gasteiger partial charge in [-0.3, -0.25) is 4.79 Å². The van der Waals surface area contributed by atoms with E-state index < -0.39 is 0 Å². The Morgan fingerprint density at radius 2 is 2.00 bits per heavy atom. The molecule has 1 amide bonds. The van der Waals surface area contributed by atoms with Crippen molar-refractivity contribution in [3.63, 3.8) is 0 Å².